The third kappa shape index (κ3) is 2.28. The first-order valence-electron chi connectivity index (χ1n) is 7.85. The van der Waals surface area contributed by atoms with E-state index in [0.29, 0.717) is 0 Å². The minimum absolute atomic E-state index is 0.0857. The Bertz CT molecular complexity index is 795. The van der Waals surface area contributed by atoms with E-state index in [4.69, 9.17) is 5.73 Å². The van der Waals surface area contributed by atoms with Crippen molar-refractivity contribution in [1.82, 2.24) is 0 Å². The number of fused-ring (bicyclic) bond motifs is 2. The Labute approximate surface area is 139 Å². The van der Waals surface area contributed by atoms with Gasteiger partial charge in [0, 0.05) is 12.2 Å². The second-order valence-electron chi connectivity index (χ2n) is 5.55. The Hall–Kier alpha value is -2.39. The van der Waals surface area contributed by atoms with Gasteiger partial charge in [-0.1, -0.05) is 24.3 Å². The minimum atomic E-state index is -0.0857. The van der Waals surface area contributed by atoms with Gasteiger partial charge < -0.3 is 10.6 Å². The van der Waals surface area contributed by atoms with Gasteiger partial charge >= 0.3 is 0 Å². The van der Waals surface area contributed by atoms with Crippen molar-refractivity contribution < 1.29 is 0 Å². The Kier molecular flexibility index (Phi) is 3.50. The van der Waals surface area contributed by atoms with Crippen molar-refractivity contribution in [3.63, 3.8) is 0 Å². The maximum atomic E-state index is 5.88. The van der Waals surface area contributed by atoms with E-state index in [9.17, 15) is 0 Å². The zero-order valence-corrected chi connectivity index (χ0v) is 13.9. The summed E-state index contributed by atoms with van der Waals surface area (Å²) in [5.41, 5.74) is 9.32. The predicted molar refractivity (Wildman–Crippen MR) is 98.6 cm³/mol. The maximum Gasteiger partial charge on any atom is 0.190 e. The first-order valence-corrected chi connectivity index (χ1v) is 9.07. The number of anilines is 3. The lowest BCUT2D eigenvalue weighted by atomic mass is 10.2. The topological polar surface area (TPSA) is 29.3 Å². The van der Waals surface area contributed by atoms with Crippen molar-refractivity contribution in [2.24, 2.45) is 0 Å². The molecule has 1 aliphatic rings. The van der Waals surface area contributed by atoms with Crippen LogP contribution >= 0.6 is 0 Å². The molecule has 2 N–H and O–H groups in total. The molecule has 23 heavy (non-hydrogen) atoms. The van der Waals surface area contributed by atoms with Gasteiger partial charge in [0.2, 0.25) is 0 Å². The molecular weight excluding hydrogens is 300 g/mol. The van der Waals surface area contributed by atoms with Gasteiger partial charge in [0.15, 0.2) is 14.7 Å². The smallest absolute Gasteiger partial charge is 0.190 e. The van der Waals surface area contributed by atoms with Crippen LogP contribution < -0.4 is 10.6 Å². The number of nitrogens with two attached hydrogens (primary N) is 1. The van der Waals surface area contributed by atoms with E-state index < -0.39 is 0 Å². The van der Waals surface area contributed by atoms with Crippen LogP contribution in [-0.2, 0) is 10.9 Å². The highest BCUT2D eigenvalue weighted by atomic mass is 32.2. The molecule has 0 atom stereocenters. The molecule has 3 heteroatoms. The van der Waals surface area contributed by atoms with Crippen LogP contribution in [0, 0.1) is 0 Å². The minimum Gasteiger partial charge on any atom is -0.399 e. The number of rotatable bonds is 2. The third-order valence-electron chi connectivity index (χ3n) is 4.18. The second-order valence-corrected chi connectivity index (χ2v) is 7.52. The number of para-hydroxylation sites is 2. The van der Waals surface area contributed by atoms with Crippen LogP contribution in [0.25, 0.3) is 0 Å². The largest absolute Gasteiger partial charge is 0.399 e. The molecule has 0 aliphatic carbocycles. The fourth-order valence-electron chi connectivity index (χ4n) is 3.15. The van der Waals surface area contributed by atoms with Crippen molar-refractivity contribution in [3.8, 4) is 0 Å². The van der Waals surface area contributed by atoms with Crippen LogP contribution in [0.1, 0.15) is 6.92 Å². The molecular formula is C20H19N2S+. The van der Waals surface area contributed by atoms with Crippen LogP contribution in [-0.4, -0.2) is 6.54 Å². The van der Waals surface area contributed by atoms with Crippen LogP contribution in [0.2, 0.25) is 0 Å². The number of hydrogen-bond donors (Lipinski definition) is 1. The van der Waals surface area contributed by atoms with Crippen LogP contribution in [0.4, 0.5) is 17.1 Å². The standard InChI is InChI=1S/C20H19N2S/c1-2-22-17-7-3-5-9-19(17)23(16-13-11-15(21)12-14-16)20-10-6-4-8-18(20)22/h3-14H,2,21H2,1H3/q+1. The molecule has 0 bridgehead atoms. The summed E-state index contributed by atoms with van der Waals surface area (Å²) < 4.78 is 0. The third-order valence-corrected chi connectivity index (χ3v) is 6.50. The molecule has 1 heterocycles. The van der Waals surface area contributed by atoms with Crippen molar-refractivity contribution in [2.75, 3.05) is 17.2 Å². The van der Waals surface area contributed by atoms with E-state index in [1.54, 1.807) is 0 Å². The summed E-state index contributed by atoms with van der Waals surface area (Å²) in [5, 5.41) is 0. The number of benzene rings is 3. The molecule has 1 aliphatic heterocycles. The molecule has 0 spiro atoms. The Balaban J connectivity index is 1.98. The van der Waals surface area contributed by atoms with Crippen molar-refractivity contribution in [3.05, 3.63) is 72.8 Å². The van der Waals surface area contributed by atoms with Gasteiger partial charge in [0.25, 0.3) is 0 Å². The Morgan fingerprint density at radius 3 is 1.83 bits per heavy atom. The number of hydrogen-bond acceptors (Lipinski definition) is 2. The van der Waals surface area contributed by atoms with Gasteiger partial charge in [-0.15, -0.1) is 0 Å². The van der Waals surface area contributed by atoms with Gasteiger partial charge in [0.1, 0.15) is 10.9 Å². The van der Waals surface area contributed by atoms with Crippen molar-refractivity contribution in [2.45, 2.75) is 21.6 Å². The summed E-state index contributed by atoms with van der Waals surface area (Å²) in [6.07, 6.45) is 0. The lowest BCUT2D eigenvalue weighted by Crippen LogP contribution is -2.25. The zero-order valence-electron chi connectivity index (χ0n) is 13.1. The normalized spacial score (nSPS) is 13.5. The molecule has 4 rings (SSSR count). The average Bonchev–Trinajstić information content (AvgIpc) is 2.60. The summed E-state index contributed by atoms with van der Waals surface area (Å²) >= 11 is 0. The van der Waals surface area contributed by atoms with E-state index in [2.05, 4.69) is 72.5 Å². The second kappa shape index (κ2) is 5.67. The van der Waals surface area contributed by atoms with E-state index in [-0.39, 0.29) is 10.9 Å². The first kappa shape index (κ1) is 14.2. The lowest BCUT2D eigenvalue weighted by Gasteiger charge is -2.30. The molecule has 0 saturated heterocycles. The fourth-order valence-corrected chi connectivity index (χ4v) is 5.51. The zero-order chi connectivity index (χ0) is 15.8. The Morgan fingerprint density at radius 2 is 1.30 bits per heavy atom. The van der Waals surface area contributed by atoms with Gasteiger partial charge in [-0.3, -0.25) is 0 Å². The molecule has 0 saturated carbocycles. The summed E-state index contributed by atoms with van der Waals surface area (Å²) in [5.74, 6) is 0. The first-order chi connectivity index (χ1) is 11.3. The summed E-state index contributed by atoms with van der Waals surface area (Å²) in [7, 11) is -0.0857. The van der Waals surface area contributed by atoms with Crippen molar-refractivity contribution >= 4 is 28.0 Å². The fraction of sp³-hybridized carbons (Fsp3) is 0.100. The number of nitrogen functional groups attached to an aromatic ring is 1. The van der Waals surface area contributed by atoms with E-state index in [0.717, 1.165) is 12.2 Å². The van der Waals surface area contributed by atoms with E-state index in [1.165, 1.54) is 26.1 Å². The molecule has 0 fully saturated rings. The molecule has 0 radical (unpaired) electrons. The van der Waals surface area contributed by atoms with Crippen LogP contribution in [0.3, 0.4) is 0 Å². The quantitative estimate of drug-likeness (QED) is 0.541. The molecule has 0 unspecified atom stereocenters. The molecule has 3 aromatic carbocycles. The summed E-state index contributed by atoms with van der Waals surface area (Å²) in [4.78, 5) is 6.50. The molecule has 2 nitrogen and oxygen atoms in total. The summed E-state index contributed by atoms with van der Waals surface area (Å²) in [6.45, 7) is 3.17. The number of nitrogens with zero attached hydrogens (tertiary/aromatic N) is 1. The van der Waals surface area contributed by atoms with E-state index in [1.807, 2.05) is 12.1 Å². The van der Waals surface area contributed by atoms with Gasteiger partial charge in [-0.2, -0.15) is 0 Å². The lowest BCUT2D eigenvalue weighted by molar-refractivity contribution is 0.973. The van der Waals surface area contributed by atoms with Gasteiger partial charge in [-0.25, -0.2) is 0 Å². The monoisotopic (exact) mass is 319 g/mol. The highest BCUT2D eigenvalue weighted by molar-refractivity contribution is 7.97. The molecule has 0 amide bonds. The SMILES string of the molecule is CCN1c2ccccc2[S+](c2ccc(N)cc2)c2ccccc21. The van der Waals surface area contributed by atoms with Crippen molar-refractivity contribution in [1.29, 1.82) is 0 Å². The highest BCUT2D eigenvalue weighted by Gasteiger charge is 2.40. The van der Waals surface area contributed by atoms with Crippen LogP contribution in [0.15, 0.2) is 87.5 Å². The average molecular weight is 319 g/mol. The molecule has 114 valence electrons. The molecule has 0 aromatic heterocycles. The Morgan fingerprint density at radius 1 is 0.783 bits per heavy atom. The predicted octanol–water partition coefficient (Wildman–Crippen LogP) is 4.84. The van der Waals surface area contributed by atoms with E-state index >= 15 is 0 Å². The van der Waals surface area contributed by atoms with Gasteiger partial charge in [-0.05, 0) is 55.5 Å². The summed E-state index contributed by atoms with van der Waals surface area (Å²) in [6, 6.07) is 25.8. The van der Waals surface area contributed by atoms with Gasteiger partial charge in [0.05, 0.1) is 11.4 Å². The maximum absolute atomic E-state index is 5.88. The molecule has 3 aromatic rings. The van der Waals surface area contributed by atoms with Crippen LogP contribution in [0.5, 0.6) is 0 Å². The highest BCUT2D eigenvalue weighted by Crippen LogP contribution is 2.47.